The van der Waals surface area contributed by atoms with Gasteiger partial charge in [-0.25, -0.2) is 0 Å². The van der Waals surface area contributed by atoms with Crippen molar-refractivity contribution in [3.8, 4) is 0 Å². The van der Waals surface area contributed by atoms with Gasteiger partial charge in [0.2, 0.25) is 0 Å². The lowest BCUT2D eigenvalue weighted by atomic mass is 10.1. The molecule has 0 fully saturated rings. The van der Waals surface area contributed by atoms with Crippen LogP contribution in [0.4, 0.5) is 5.69 Å². The smallest absolute Gasteiger partial charge is 0.251 e. The lowest BCUT2D eigenvalue weighted by Gasteiger charge is -2.17. The largest absolute Gasteiger partial charge is 0.364 e. The first-order valence-electron chi connectivity index (χ1n) is 9.20. The van der Waals surface area contributed by atoms with Crippen molar-refractivity contribution >= 4 is 11.6 Å². The van der Waals surface area contributed by atoms with E-state index in [0.29, 0.717) is 12.1 Å². The number of carbonyl (C=O) groups is 1. The van der Waals surface area contributed by atoms with E-state index in [-0.39, 0.29) is 5.91 Å². The van der Waals surface area contributed by atoms with E-state index in [2.05, 4.69) is 65.5 Å². The van der Waals surface area contributed by atoms with Crippen LogP contribution in [0.25, 0.3) is 0 Å². The molecule has 2 aromatic rings. The fourth-order valence-electron chi connectivity index (χ4n) is 3.06. The Balaban J connectivity index is 1.56. The van der Waals surface area contributed by atoms with Crippen LogP contribution in [-0.4, -0.2) is 37.5 Å². The van der Waals surface area contributed by atoms with Crippen molar-refractivity contribution in [3.63, 3.8) is 0 Å². The van der Waals surface area contributed by atoms with E-state index >= 15 is 0 Å². The normalized spacial score (nSPS) is 13.4. The highest BCUT2D eigenvalue weighted by Crippen LogP contribution is 2.17. The highest BCUT2D eigenvalue weighted by Gasteiger charge is 2.10. The van der Waals surface area contributed by atoms with Crippen LogP contribution in [0.5, 0.6) is 0 Å². The summed E-state index contributed by atoms with van der Waals surface area (Å²) < 4.78 is 0. The van der Waals surface area contributed by atoms with Crippen molar-refractivity contribution in [3.05, 3.63) is 77.4 Å². The predicted molar refractivity (Wildman–Crippen MR) is 107 cm³/mol. The van der Waals surface area contributed by atoms with Crippen LogP contribution in [0.1, 0.15) is 28.4 Å². The molecular formula is C22H27N3O. The van der Waals surface area contributed by atoms with Crippen molar-refractivity contribution in [1.82, 2.24) is 10.2 Å². The summed E-state index contributed by atoms with van der Waals surface area (Å²) in [6.45, 7) is 6.51. The number of anilines is 1. The van der Waals surface area contributed by atoms with E-state index < -0.39 is 0 Å². The van der Waals surface area contributed by atoms with Crippen LogP contribution >= 0.6 is 0 Å². The molecule has 136 valence electrons. The molecule has 1 heterocycles. The molecule has 0 saturated carbocycles. The predicted octanol–water partition coefficient (Wildman–Crippen LogP) is 3.44. The van der Waals surface area contributed by atoms with E-state index in [9.17, 15) is 4.79 Å². The van der Waals surface area contributed by atoms with Crippen LogP contribution in [0.2, 0.25) is 0 Å². The molecule has 1 amide bonds. The molecule has 4 heteroatoms. The minimum atomic E-state index is -0.0350. The Morgan fingerprint density at radius 2 is 1.77 bits per heavy atom. The van der Waals surface area contributed by atoms with Gasteiger partial charge >= 0.3 is 0 Å². The number of rotatable bonds is 7. The van der Waals surface area contributed by atoms with E-state index in [1.165, 1.54) is 5.56 Å². The zero-order chi connectivity index (χ0) is 18.4. The van der Waals surface area contributed by atoms with Crippen molar-refractivity contribution in [2.24, 2.45) is 0 Å². The molecule has 1 aliphatic heterocycles. The van der Waals surface area contributed by atoms with E-state index in [4.69, 9.17) is 0 Å². The molecule has 0 spiro atoms. The van der Waals surface area contributed by atoms with Gasteiger partial charge in [-0.15, -0.1) is 0 Å². The molecule has 0 saturated heterocycles. The van der Waals surface area contributed by atoms with Crippen molar-refractivity contribution in [2.45, 2.75) is 20.0 Å². The Morgan fingerprint density at radius 1 is 1.08 bits per heavy atom. The fraction of sp³-hybridized carbons (Fsp3) is 0.318. The van der Waals surface area contributed by atoms with Crippen LogP contribution in [0, 0.1) is 0 Å². The zero-order valence-electron chi connectivity index (χ0n) is 15.6. The molecule has 4 nitrogen and oxygen atoms in total. The first kappa shape index (κ1) is 18.2. The third-order valence-corrected chi connectivity index (χ3v) is 4.75. The first-order chi connectivity index (χ1) is 12.7. The molecule has 0 unspecified atom stereocenters. The second kappa shape index (κ2) is 8.68. The van der Waals surface area contributed by atoms with E-state index in [1.807, 2.05) is 24.3 Å². The molecule has 0 aliphatic carbocycles. The monoisotopic (exact) mass is 349 g/mol. The summed E-state index contributed by atoms with van der Waals surface area (Å²) >= 11 is 0. The van der Waals surface area contributed by atoms with Gasteiger partial charge in [-0.3, -0.25) is 4.79 Å². The van der Waals surface area contributed by atoms with Crippen LogP contribution in [0.3, 0.4) is 0 Å². The van der Waals surface area contributed by atoms with E-state index in [0.717, 1.165) is 37.4 Å². The molecule has 0 atom stereocenters. The minimum Gasteiger partial charge on any atom is -0.364 e. The topological polar surface area (TPSA) is 35.6 Å². The molecule has 0 bridgehead atoms. The second-order valence-electron chi connectivity index (χ2n) is 6.76. The Hall–Kier alpha value is -2.59. The molecule has 2 aromatic carbocycles. The van der Waals surface area contributed by atoms with Gasteiger partial charge in [-0.1, -0.05) is 43.3 Å². The van der Waals surface area contributed by atoms with Crippen molar-refractivity contribution in [1.29, 1.82) is 0 Å². The molecule has 0 aromatic heterocycles. The lowest BCUT2D eigenvalue weighted by molar-refractivity contribution is 0.0951. The molecule has 26 heavy (non-hydrogen) atoms. The lowest BCUT2D eigenvalue weighted by Crippen LogP contribution is -2.23. The SMILES string of the molecule is CCN(C)Cc1cccc(CNC(=O)c2ccc(N3CC=CC3)cc2)c1. The van der Waals surface area contributed by atoms with Crippen molar-refractivity contribution < 1.29 is 4.79 Å². The fourth-order valence-corrected chi connectivity index (χ4v) is 3.06. The number of nitrogens with zero attached hydrogens (tertiary/aromatic N) is 2. The standard InChI is InChI=1S/C22H27N3O/c1-3-24(2)17-19-8-6-7-18(15-19)16-23-22(26)20-9-11-21(12-10-20)25-13-4-5-14-25/h4-12,15H,3,13-14,16-17H2,1-2H3,(H,23,26). The maximum absolute atomic E-state index is 12.4. The summed E-state index contributed by atoms with van der Waals surface area (Å²) in [7, 11) is 2.11. The van der Waals surface area contributed by atoms with Crippen LogP contribution < -0.4 is 10.2 Å². The summed E-state index contributed by atoms with van der Waals surface area (Å²) in [5.41, 5.74) is 4.24. The third kappa shape index (κ3) is 4.73. The summed E-state index contributed by atoms with van der Waals surface area (Å²) in [6.07, 6.45) is 4.32. The highest BCUT2D eigenvalue weighted by atomic mass is 16.1. The Labute approximate surface area is 156 Å². The number of hydrogen-bond acceptors (Lipinski definition) is 3. The van der Waals surface area contributed by atoms with Crippen molar-refractivity contribution in [2.75, 3.05) is 31.6 Å². The molecule has 1 N–H and O–H groups in total. The van der Waals surface area contributed by atoms with E-state index in [1.54, 1.807) is 0 Å². The maximum atomic E-state index is 12.4. The summed E-state index contributed by atoms with van der Waals surface area (Å²) in [5.74, 6) is -0.0350. The number of nitrogens with one attached hydrogen (secondary N) is 1. The molecular weight excluding hydrogens is 322 g/mol. The first-order valence-corrected chi connectivity index (χ1v) is 9.20. The highest BCUT2D eigenvalue weighted by molar-refractivity contribution is 5.94. The van der Waals surface area contributed by atoms with Gasteiger partial charge in [0.1, 0.15) is 0 Å². The Morgan fingerprint density at radius 3 is 2.46 bits per heavy atom. The van der Waals surface area contributed by atoms with Gasteiger partial charge < -0.3 is 15.1 Å². The Bertz CT molecular complexity index is 759. The van der Waals surface area contributed by atoms with Crippen LogP contribution in [-0.2, 0) is 13.1 Å². The summed E-state index contributed by atoms with van der Waals surface area (Å²) in [5, 5.41) is 3.02. The molecule has 1 aliphatic rings. The zero-order valence-corrected chi connectivity index (χ0v) is 15.6. The number of hydrogen-bond donors (Lipinski definition) is 1. The second-order valence-corrected chi connectivity index (χ2v) is 6.76. The molecule has 3 rings (SSSR count). The number of benzene rings is 2. The third-order valence-electron chi connectivity index (χ3n) is 4.75. The average molecular weight is 349 g/mol. The Kier molecular flexibility index (Phi) is 6.08. The van der Waals surface area contributed by atoms with Gasteiger partial charge in [0.05, 0.1) is 0 Å². The summed E-state index contributed by atoms with van der Waals surface area (Å²) in [4.78, 5) is 16.9. The van der Waals surface area contributed by atoms with Gasteiger partial charge in [0.15, 0.2) is 0 Å². The number of amides is 1. The van der Waals surface area contributed by atoms with Gasteiger partial charge in [-0.2, -0.15) is 0 Å². The summed E-state index contributed by atoms with van der Waals surface area (Å²) in [6, 6.07) is 16.2. The van der Waals surface area contributed by atoms with Gasteiger partial charge in [0, 0.05) is 37.4 Å². The minimum absolute atomic E-state index is 0.0350. The quantitative estimate of drug-likeness (QED) is 0.778. The van der Waals surface area contributed by atoms with Gasteiger partial charge in [0.25, 0.3) is 5.91 Å². The molecule has 0 radical (unpaired) electrons. The van der Waals surface area contributed by atoms with Crippen LogP contribution in [0.15, 0.2) is 60.7 Å². The maximum Gasteiger partial charge on any atom is 0.251 e. The number of carbonyl (C=O) groups excluding carboxylic acids is 1. The van der Waals surface area contributed by atoms with Gasteiger partial charge in [-0.05, 0) is 49.0 Å². The average Bonchev–Trinajstić information content (AvgIpc) is 3.21.